The van der Waals surface area contributed by atoms with Gasteiger partial charge in [-0.05, 0) is 25.5 Å². The number of likely N-dealkylation sites (N-methyl/N-ethyl adjacent to an activating group) is 1. The Morgan fingerprint density at radius 2 is 2.24 bits per heavy atom. The summed E-state index contributed by atoms with van der Waals surface area (Å²) in [6.45, 7) is 4.45. The van der Waals surface area contributed by atoms with E-state index >= 15 is 0 Å². The molecule has 0 bridgehead atoms. The molecule has 2 rings (SSSR count). The third-order valence-electron chi connectivity index (χ3n) is 2.88. The fourth-order valence-corrected chi connectivity index (χ4v) is 1.98. The third kappa shape index (κ3) is 1.84. The minimum absolute atomic E-state index is 0.00722. The number of nitrogens with zero attached hydrogens (tertiary/aromatic N) is 2. The molecule has 0 aliphatic carbocycles. The monoisotopic (exact) mass is 230 g/mol. The van der Waals surface area contributed by atoms with Gasteiger partial charge in [0.05, 0.1) is 17.3 Å². The molecule has 1 aliphatic rings. The minimum atomic E-state index is -0.434. The lowest BCUT2D eigenvalue weighted by molar-refractivity contribution is -0.126. The molecule has 0 saturated heterocycles. The van der Waals surface area contributed by atoms with E-state index in [9.17, 15) is 4.79 Å². The zero-order valence-corrected chi connectivity index (χ0v) is 9.93. The molecule has 0 aromatic heterocycles. The maximum absolute atomic E-state index is 12.0. The van der Waals surface area contributed by atoms with Crippen LogP contribution in [0.4, 0.5) is 5.69 Å². The molecule has 1 atom stereocenters. The van der Waals surface area contributed by atoms with Gasteiger partial charge in [-0.15, -0.1) is 0 Å². The van der Waals surface area contributed by atoms with Gasteiger partial charge in [-0.3, -0.25) is 4.79 Å². The smallest absolute Gasteiger partial charge is 0.268 e. The maximum atomic E-state index is 12.0. The molecule has 1 amide bonds. The molecule has 0 N–H and O–H groups in total. The SMILES string of the molecule is CCC1Oc2cc(C#N)ccc2N(CC)C1=O. The Morgan fingerprint density at radius 1 is 1.47 bits per heavy atom. The number of carbonyl (C=O) groups is 1. The van der Waals surface area contributed by atoms with Gasteiger partial charge in [0.2, 0.25) is 0 Å². The topological polar surface area (TPSA) is 53.3 Å². The molecule has 1 aliphatic heterocycles. The summed E-state index contributed by atoms with van der Waals surface area (Å²) in [5, 5.41) is 8.85. The van der Waals surface area contributed by atoms with Crippen molar-refractivity contribution < 1.29 is 9.53 Å². The summed E-state index contributed by atoms with van der Waals surface area (Å²) >= 11 is 0. The summed E-state index contributed by atoms with van der Waals surface area (Å²) in [7, 11) is 0. The fourth-order valence-electron chi connectivity index (χ4n) is 1.98. The summed E-state index contributed by atoms with van der Waals surface area (Å²) in [5.74, 6) is 0.615. The van der Waals surface area contributed by atoms with E-state index in [-0.39, 0.29) is 5.91 Å². The van der Waals surface area contributed by atoms with E-state index < -0.39 is 6.10 Å². The summed E-state index contributed by atoms with van der Waals surface area (Å²) in [4.78, 5) is 13.7. The van der Waals surface area contributed by atoms with Crippen molar-refractivity contribution in [1.82, 2.24) is 0 Å². The molecule has 0 saturated carbocycles. The molecule has 4 heteroatoms. The first-order valence-corrected chi connectivity index (χ1v) is 5.73. The van der Waals surface area contributed by atoms with Crippen LogP contribution in [-0.4, -0.2) is 18.6 Å². The summed E-state index contributed by atoms with van der Waals surface area (Å²) in [6, 6.07) is 7.22. The van der Waals surface area contributed by atoms with E-state index in [1.807, 2.05) is 13.8 Å². The van der Waals surface area contributed by atoms with Gasteiger partial charge in [-0.25, -0.2) is 0 Å². The largest absolute Gasteiger partial charge is 0.478 e. The van der Waals surface area contributed by atoms with Crippen molar-refractivity contribution in [1.29, 1.82) is 5.26 Å². The van der Waals surface area contributed by atoms with Crippen LogP contribution in [0, 0.1) is 11.3 Å². The van der Waals surface area contributed by atoms with Crippen LogP contribution in [0.5, 0.6) is 5.75 Å². The molecule has 1 aromatic carbocycles. The number of hydrogen-bond donors (Lipinski definition) is 0. The molecule has 88 valence electrons. The Balaban J connectivity index is 2.48. The second kappa shape index (κ2) is 4.46. The highest BCUT2D eigenvalue weighted by atomic mass is 16.5. The van der Waals surface area contributed by atoms with Crippen LogP contribution in [0.25, 0.3) is 0 Å². The van der Waals surface area contributed by atoms with Gasteiger partial charge >= 0.3 is 0 Å². The number of ether oxygens (including phenoxy) is 1. The number of benzene rings is 1. The van der Waals surface area contributed by atoms with Crippen LogP contribution in [0.2, 0.25) is 0 Å². The van der Waals surface area contributed by atoms with Crippen molar-refractivity contribution in [2.45, 2.75) is 26.4 Å². The van der Waals surface area contributed by atoms with E-state index in [1.54, 1.807) is 23.1 Å². The molecule has 1 heterocycles. The number of nitriles is 1. The predicted octanol–water partition coefficient (Wildman–Crippen LogP) is 2.08. The predicted molar refractivity (Wildman–Crippen MR) is 63.9 cm³/mol. The summed E-state index contributed by atoms with van der Waals surface area (Å²) in [5.41, 5.74) is 1.30. The number of anilines is 1. The van der Waals surface area contributed by atoms with E-state index in [0.29, 0.717) is 24.3 Å². The highest BCUT2D eigenvalue weighted by molar-refractivity contribution is 6.00. The molecule has 0 fully saturated rings. The van der Waals surface area contributed by atoms with Gasteiger partial charge in [0.15, 0.2) is 6.10 Å². The zero-order valence-electron chi connectivity index (χ0n) is 9.93. The van der Waals surface area contributed by atoms with E-state index in [1.165, 1.54) is 0 Å². The van der Waals surface area contributed by atoms with Crippen molar-refractivity contribution in [3.63, 3.8) is 0 Å². The molecule has 1 unspecified atom stereocenters. The van der Waals surface area contributed by atoms with Gasteiger partial charge < -0.3 is 9.64 Å². The van der Waals surface area contributed by atoms with Crippen LogP contribution in [-0.2, 0) is 4.79 Å². The van der Waals surface area contributed by atoms with Gasteiger partial charge in [0, 0.05) is 12.6 Å². The number of amides is 1. The van der Waals surface area contributed by atoms with Crippen molar-refractivity contribution in [2.24, 2.45) is 0 Å². The van der Waals surface area contributed by atoms with Crippen molar-refractivity contribution in [3.8, 4) is 11.8 Å². The minimum Gasteiger partial charge on any atom is -0.478 e. The number of hydrogen-bond acceptors (Lipinski definition) is 3. The molecule has 1 aromatic rings. The zero-order chi connectivity index (χ0) is 12.4. The highest BCUT2D eigenvalue weighted by Gasteiger charge is 2.32. The van der Waals surface area contributed by atoms with Crippen molar-refractivity contribution in [2.75, 3.05) is 11.4 Å². The normalized spacial score (nSPS) is 18.3. The van der Waals surface area contributed by atoms with Gasteiger partial charge in [0.25, 0.3) is 5.91 Å². The molecule has 17 heavy (non-hydrogen) atoms. The first kappa shape index (κ1) is 11.5. The van der Waals surface area contributed by atoms with E-state index in [0.717, 1.165) is 5.69 Å². The second-order valence-electron chi connectivity index (χ2n) is 3.89. The van der Waals surface area contributed by atoms with Gasteiger partial charge in [0.1, 0.15) is 5.75 Å². The highest BCUT2D eigenvalue weighted by Crippen LogP contribution is 2.35. The molecular weight excluding hydrogens is 216 g/mol. The van der Waals surface area contributed by atoms with Crippen LogP contribution in [0.1, 0.15) is 25.8 Å². The average molecular weight is 230 g/mol. The number of fused-ring (bicyclic) bond motifs is 1. The lowest BCUT2D eigenvalue weighted by Crippen LogP contribution is -2.45. The quantitative estimate of drug-likeness (QED) is 0.781. The fraction of sp³-hybridized carbons (Fsp3) is 0.385. The van der Waals surface area contributed by atoms with Crippen LogP contribution in [0.3, 0.4) is 0 Å². The van der Waals surface area contributed by atoms with Crippen LogP contribution >= 0.6 is 0 Å². The second-order valence-corrected chi connectivity index (χ2v) is 3.89. The summed E-state index contributed by atoms with van der Waals surface area (Å²) < 4.78 is 5.63. The Hall–Kier alpha value is -2.02. The number of rotatable bonds is 2. The lowest BCUT2D eigenvalue weighted by atomic mass is 10.1. The van der Waals surface area contributed by atoms with Crippen LogP contribution in [0.15, 0.2) is 18.2 Å². The van der Waals surface area contributed by atoms with Crippen molar-refractivity contribution in [3.05, 3.63) is 23.8 Å². The Labute approximate surface area is 100 Å². The van der Waals surface area contributed by atoms with Gasteiger partial charge in [-0.1, -0.05) is 6.92 Å². The number of carbonyl (C=O) groups excluding carboxylic acids is 1. The molecule has 0 spiro atoms. The first-order valence-electron chi connectivity index (χ1n) is 5.73. The van der Waals surface area contributed by atoms with E-state index in [4.69, 9.17) is 10.00 Å². The standard InChI is InChI=1S/C13H14N2O2/c1-3-11-13(16)15(4-2)10-6-5-9(8-14)7-12(10)17-11/h5-7,11H,3-4H2,1-2H3. The van der Waals surface area contributed by atoms with Crippen molar-refractivity contribution >= 4 is 11.6 Å². The first-order chi connectivity index (χ1) is 8.21. The molecule has 4 nitrogen and oxygen atoms in total. The molecular formula is C13H14N2O2. The Kier molecular flexibility index (Phi) is 3.01. The average Bonchev–Trinajstić information content (AvgIpc) is 2.37. The Morgan fingerprint density at radius 3 is 2.82 bits per heavy atom. The van der Waals surface area contributed by atoms with E-state index in [2.05, 4.69) is 6.07 Å². The summed E-state index contributed by atoms with van der Waals surface area (Å²) in [6.07, 6.45) is 0.197. The Bertz CT molecular complexity index is 491. The third-order valence-corrected chi connectivity index (χ3v) is 2.88. The van der Waals surface area contributed by atoms with Gasteiger partial charge in [-0.2, -0.15) is 5.26 Å². The lowest BCUT2D eigenvalue weighted by Gasteiger charge is -2.33. The maximum Gasteiger partial charge on any atom is 0.268 e. The molecule has 0 radical (unpaired) electrons. The van der Waals surface area contributed by atoms with Crippen LogP contribution < -0.4 is 9.64 Å².